The van der Waals surface area contributed by atoms with Crippen molar-refractivity contribution in [2.45, 2.75) is 90.0 Å². The molecule has 0 bridgehead atoms. The number of nitrogens with one attached hydrogen (secondary N) is 7. The summed E-state index contributed by atoms with van der Waals surface area (Å²) < 4.78 is 99.7. The maximum absolute atomic E-state index is 14.6. The number of rotatable bonds is 31. The van der Waals surface area contributed by atoms with Gasteiger partial charge >= 0.3 is 0 Å². The first-order chi connectivity index (χ1) is 66.8. The molecule has 14 rings (SSSR count). The summed E-state index contributed by atoms with van der Waals surface area (Å²) in [5.41, 5.74) is 58.2. The SMILES string of the molecule is Cc1cc(N)sn1.Cc1cc(Nc2cc(N[C@H](Cc3ccccc3)C(N)=O)c(F)cc2C#N)sn1.Cc1cc(Nc2cc(N[C@H](Cc3ccccc3)C(N)=O)c(F)cc2C(N)=O)sn1.Cc1cc(Nc2cc(N[C@H](Cc3ccccc3)C(N)=O)c(F)cc2C(N)=O)sn1.N#Cc1cc(F)c(F)cc1Br.N#Cc1cc(F)c(N[C@H](Cc2ccccc2)C(N)=O)cc1Br.NC(=O)[C@H](N)Cc1ccccc1.OO. The van der Waals surface area contributed by atoms with E-state index in [4.69, 9.17) is 72.6 Å². The van der Waals surface area contributed by atoms with Crippen LogP contribution in [0.3, 0.4) is 0 Å². The molecule has 4 aromatic heterocycles. The van der Waals surface area contributed by atoms with Crippen LogP contribution in [0.4, 0.5) is 86.2 Å². The largest absolute Gasteiger partial charge is 0.389 e. The summed E-state index contributed by atoms with van der Waals surface area (Å²) in [4.78, 5) is 81.4. The van der Waals surface area contributed by atoms with Gasteiger partial charge in [-0.3, -0.25) is 44.1 Å². The standard InChI is InChI=1S/2C20H20FN5O2S.C20H18FN5OS.C16H13BrFN3O.C9H12N2O.C7H2BrF2N.C4H6N2S.H2O2/c2*1-11-7-18(29-26-11)25-15-10-16(14(21)9-13(15)19(22)27)24-17(20(23)28)8-12-5-3-2-4-6-12;1-12-7-19(28-26-12)25-16-10-17(15(21)9-14(16)11-22)24-18(20(23)27)8-13-5-3-2-4-6-13;17-12-8-14(13(18)7-11(12)9-19)21-15(16(20)22)6-10-4-2-1-3-5-10;10-8(9(11)12)6-7-4-2-1-3-5-7;8-5-2-7(10)6(9)1-4(5)3-11;1-3-2-4(5)7-6-3;1-2/h2*2-7,9-10,17,24-25H,8H2,1H3,(H2,22,27)(H2,23,28);2-7,9-10,18,24-25H,8H2,1H3,(H2,23,27);1-5,7-8,15,21H,6H2,(H2,20,22);1-5,8H,6,10H2,(H2,11,12);1-2H;2H,5H2,1H3;1-2H/t2*17-;18-;15-;8-;;;/m11111.../s1. The van der Waals surface area contributed by atoms with Crippen molar-refractivity contribution in [1.29, 1.82) is 15.8 Å². The minimum absolute atomic E-state index is 0.0159. The molecule has 0 spiro atoms. The number of benzene rings is 10. The third-order valence-electron chi connectivity index (χ3n) is 19.1. The summed E-state index contributed by atoms with van der Waals surface area (Å²) in [6.07, 6.45) is 1.73. The van der Waals surface area contributed by atoms with Crippen molar-refractivity contribution in [3.8, 4) is 18.2 Å². The predicted octanol–water partition coefficient (Wildman–Crippen LogP) is 16.3. The van der Waals surface area contributed by atoms with Crippen LogP contribution in [0.1, 0.15) is 88.0 Å². The van der Waals surface area contributed by atoms with Crippen LogP contribution in [0.25, 0.3) is 0 Å². The molecule has 5 atom stereocenters. The van der Waals surface area contributed by atoms with E-state index in [-0.39, 0.29) is 67.9 Å². The minimum atomic E-state index is -1.01. The Balaban J connectivity index is 0.000000230. The third-order valence-corrected chi connectivity index (χ3v) is 23.5. The van der Waals surface area contributed by atoms with E-state index in [0.29, 0.717) is 50.8 Å². The molecule has 14 aromatic rings. The van der Waals surface area contributed by atoms with E-state index in [1.54, 1.807) is 18.2 Å². The van der Waals surface area contributed by atoms with Crippen molar-refractivity contribution in [3.63, 3.8) is 0 Å². The number of amides is 7. The van der Waals surface area contributed by atoms with E-state index < -0.39 is 106 Å². The monoisotopic (exact) mass is 2110 g/mol. The van der Waals surface area contributed by atoms with Gasteiger partial charge in [-0.25, -0.2) is 26.3 Å². The Hall–Kier alpha value is -15.7. The van der Waals surface area contributed by atoms with Gasteiger partial charge in [0.05, 0.1) is 96.4 Å². The molecule has 44 heteroatoms. The third kappa shape index (κ3) is 36.4. The van der Waals surface area contributed by atoms with Crippen LogP contribution >= 0.6 is 78.0 Å². The molecule has 7 amide bonds. The van der Waals surface area contributed by atoms with Gasteiger partial charge in [-0.2, -0.15) is 33.3 Å². The van der Waals surface area contributed by atoms with Gasteiger partial charge in [0.25, 0.3) is 11.8 Å². The normalized spacial score (nSPS) is 11.2. The van der Waals surface area contributed by atoms with Crippen LogP contribution in [0.2, 0.25) is 0 Å². The van der Waals surface area contributed by atoms with Gasteiger partial charge in [-0.05, 0) is 225 Å². The number of primary amides is 7. The quantitative estimate of drug-likeness (QED) is 0.00830. The number of carbonyl (C=O) groups excluding carboxylic acids is 7. The Morgan fingerprint density at radius 1 is 0.336 bits per heavy atom. The van der Waals surface area contributed by atoms with Crippen LogP contribution in [0.5, 0.6) is 0 Å². The highest BCUT2D eigenvalue weighted by Gasteiger charge is 2.26. The van der Waals surface area contributed by atoms with Gasteiger partial charge in [-0.1, -0.05) is 152 Å². The highest BCUT2D eigenvalue weighted by Crippen LogP contribution is 2.35. The van der Waals surface area contributed by atoms with Crippen molar-refractivity contribution >= 4 is 179 Å². The highest BCUT2D eigenvalue weighted by atomic mass is 79.9. The number of aryl methyl sites for hydroxylation is 4. The van der Waals surface area contributed by atoms with Gasteiger partial charge in [0.2, 0.25) is 29.5 Å². The van der Waals surface area contributed by atoms with Crippen molar-refractivity contribution in [2.24, 2.45) is 45.9 Å². The van der Waals surface area contributed by atoms with E-state index in [2.05, 4.69) is 86.6 Å². The van der Waals surface area contributed by atoms with E-state index in [1.807, 2.05) is 204 Å². The predicted molar refractivity (Wildman–Crippen MR) is 540 cm³/mol. The number of nitrogens with zero attached hydrogens (tertiary/aromatic N) is 7. The Labute approximate surface area is 832 Å². The number of hydrogen-bond acceptors (Lipinski definition) is 29. The van der Waals surface area contributed by atoms with Crippen LogP contribution in [-0.4, -0.2) is 99.6 Å². The zero-order chi connectivity index (χ0) is 103. The lowest BCUT2D eigenvalue weighted by molar-refractivity contribution is -0.176. The molecule has 0 saturated carbocycles. The number of hydrogen-bond donors (Lipinski definition) is 18. The fourth-order valence-electron chi connectivity index (χ4n) is 12.3. The number of halogens is 8. The highest BCUT2D eigenvalue weighted by molar-refractivity contribution is 9.10. The minimum Gasteiger partial charge on any atom is -0.389 e. The molecule has 0 aliphatic heterocycles. The van der Waals surface area contributed by atoms with Crippen LogP contribution in [0, 0.1) is 96.6 Å². The van der Waals surface area contributed by atoms with E-state index in [0.717, 1.165) is 97.0 Å². The van der Waals surface area contributed by atoms with Crippen molar-refractivity contribution in [3.05, 3.63) is 359 Å². The maximum Gasteiger partial charge on any atom is 0.250 e. The smallest absolute Gasteiger partial charge is 0.250 e. The molecule has 0 fully saturated rings. The summed E-state index contributed by atoms with van der Waals surface area (Å²) in [6.45, 7) is 7.43. The van der Waals surface area contributed by atoms with Gasteiger partial charge < -0.3 is 88.8 Å². The molecule has 0 aliphatic carbocycles. The van der Waals surface area contributed by atoms with Crippen LogP contribution in [-0.2, 0) is 56.1 Å². The van der Waals surface area contributed by atoms with Gasteiger partial charge in [0, 0.05) is 34.6 Å². The molecule has 0 aliphatic rings. The first-order valence-corrected chi connectivity index (χ1v) is 45.9. The maximum atomic E-state index is 14.6. The van der Waals surface area contributed by atoms with Crippen molar-refractivity contribution in [2.75, 3.05) is 43.0 Å². The summed E-state index contributed by atoms with van der Waals surface area (Å²) in [5.74, 6) is -9.11. The first-order valence-electron chi connectivity index (χ1n) is 41.2. The number of nitrogen functional groups attached to an aromatic ring is 1. The van der Waals surface area contributed by atoms with E-state index in [9.17, 15) is 65.2 Å². The average molecular weight is 2120 g/mol. The van der Waals surface area contributed by atoms with Crippen LogP contribution in [0.15, 0.2) is 246 Å². The molecule has 0 radical (unpaired) electrons. The first kappa shape index (κ1) is 111. The second kappa shape index (κ2) is 56.1. The summed E-state index contributed by atoms with van der Waals surface area (Å²) in [7, 11) is 0. The van der Waals surface area contributed by atoms with Crippen molar-refractivity contribution < 1.29 is 70.4 Å². The molecule has 140 heavy (non-hydrogen) atoms. The number of anilines is 11. The fraction of sp³-hybridized carbons (Fsp3) is 0.146. The van der Waals surface area contributed by atoms with Gasteiger partial charge in [0.15, 0.2) is 11.6 Å². The molecule has 10 aromatic carbocycles. The van der Waals surface area contributed by atoms with Crippen molar-refractivity contribution in [1.82, 2.24) is 17.5 Å². The molecule has 27 N–H and O–H groups in total. The fourth-order valence-corrected chi connectivity index (χ4v) is 15.7. The number of carbonyl (C=O) groups is 7. The molecular formula is C96H93Br2F6N23O9S4. The van der Waals surface area contributed by atoms with Gasteiger partial charge in [-0.15, -0.1) is 0 Å². The van der Waals surface area contributed by atoms with Crippen LogP contribution < -0.4 is 88.8 Å². The Morgan fingerprint density at radius 3 is 0.857 bits per heavy atom. The molecule has 0 saturated heterocycles. The molecule has 4 heterocycles. The number of nitrogens with two attached hydrogens (primary N) is 9. The van der Waals surface area contributed by atoms with E-state index in [1.165, 1.54) is 70.4 Å². The lowest BCUT2D eigenvalue weighted by Gasteiger charge is -2.19. The zero-order valence-corrected chi connectivity index (χ0v) is 81.1. The summed E-state index contributed by atoms with van der Waals surface area (Å²) >= 11 is 11.1. The zero-order valence-electron chi connectivity index (χ0n) is 74.7. The second-order valence-corrected chi connectivity index (χ2v) is 34.8. The summed E-state index contributed by atoms with van der Waals surface area (Å²) in [6, 6.07) is 67.4. The average Bonchev–Trinajstić information content (AvgIpc) is 1.14. The Morgan fingerprint density at radius 2 is 0.593 bits per heavy atom. The van der Waals surface area contributed by atoms with Gasteiger partial charge in [0.1, 0.15) is 85.6 Å². The molecule has 0 unspecified atom stereocenters. The molecule has 726 valence electrons. The number of nitriles is 3. The summed E-state index contributed by atoms with van der Waals surface area (Å²) in [5, 5.41) is 61.9. The Bertz CT molecular complexity index is 6500. The lowest BCUT2D eigenvalue weighted by atomic mass is 10.0. The molecule has 32 nitrogen and oxygen atoms in total. The number of aromatic nitrogens is 4. The second-order valence-electron chi connectivity index (χ2n) is 29.9. The Kier molecular flexibility index (Phi) is 44.6. The lowest BCUT2D eigenvalue weighted by Crippen LogP contribution is -2.38. The van der Waals surface area contributed by atoms with E-state index >= 15 is 0 Å². The molecular weight excluding hydrogens is 2020 g/mol. The topological polar surface area (TPSA) is 601 Å².